The van der Waals surface area contributed by atoms with E-state index in [1.807, 2.05) is 30.3 Å². The Bertz CT molecular complexity index is 1620. The lowest BCUT2D eigenvalue weighted by Gasteiger charge is -2.18. The van der Waals surface area contributed by atoms with Gasteiger partial charge >= 0.3 is 0 Å². The second kappa shape index (κ2) is 11.0. The molecule has 0 atom stereocenters. The molecule has 0 saturated carbocycles. The molecule has 39 heavy (non-hydrogen) atoms. The van der Waals surface area contributed by atoms with Crippen LogP contribution in [0, 0.1) is 6.92 Å². The molecule has 0 spiro atoms. The first-order valence-electron chi connectivity index (χ1n) is 11.9. The number of imide groups is 1. The fourth-order valence-corrected chi connectivity index (χ4v) is 4.35. The molecule has 9 heteroatoms. The normalized spacial score (nSPS) is 13.1. The number of hydrogen-bond acceptors (Lipinski definition) is 5. The highest BCUT2D eigenvalue weighted by molar-refractivity contribution is 6.53. The quantitative estimate of drug-likeness (QED) is 0.236. The summed E-state index contributed by atoms with van der Waals surface area (Å²) in [4.78, 5) is 39.9. The molecule has 0 aliphatic carbocycles. The van der Waals surface area contributed by atoms with Crippen molar-refractivity contribution in [2.24, 2.45) is 0 Å². The minimum absolute atomic E-state index is 0.0902. The van der Waals surface area contributed by atoms with Crippen LogP contribution < -0.4 is 20.3 Å². The van der Waals surface area contributed by atoms with Crippen LogP contribution in [0.15, 0.2) is 108 Å². The summed E-state index contributed by atoms with van der Waals surface area (Å²) in [6, 6.07) is 27.8. The molecule has 0 saturated heterocycles. The van der Waals surface area contributed by atoms with Gasteiger partial charge in [-0.3, -0.25) is 14.4 Å². The molecule has 2 N–H and O–H groups in total. The average molecular weight is 558 g/mol. The van der Waals surface area contributed by atoms with Gasteiger partial charge in [0.25, 0.3) is 17.7 Å². The van der Waals surface area contributed by atoms with Crippen LogP contribution in [0.4, 0.5) is 17.1 Å². The van der Waals surface area contributed by atoms with E-state index >= 15 is 0 Å². The highest BCUT2D eigenvalue weighted by Crippen LogP contribution is 2.33. The molecule has 1 aliphatic rings. The second-order valence-electron chi connectivity index (χ2n) is 8.66. The molecule has 0 unspecified atom stereocenters. The molecule has 0 radical (unpaired) electrons. The van der Waals surface area contributed by atoms with Gasteiger partial charge in [-0.05, 0) is 79.2 Å². The maximum Gasteiger partial charge on any atom is 0.283 e. The molecule has 4 aromatic carbocycles. The summed E-state index contributed by atoms with van der Waals surface area (Å²) in [5, 5.41) is 5.86. The maximum absolute atomic E-state index is 13.2. The number of benzene rings is 4. The van der Waals surface area contributed by atoms with Crippen molar-refractivity contribution in [3.63, 3.8) is 0 Å². The number of carbonyl (C=O) groups is 3. The third-order valence-electron chi connectivity index (χ3n) is 5.92. The minimum Gasteiger partial charge on any atom is -0.457 e. The van der Waals surface area contributed by atoms with E-state index in [1.54, 1.807) is 67.6 Å². The molecule has 4 aromatic rings. The number of hydrogen-bond donors (Lipinski definition) is 2. The van der Waals surface area contributed by atoms with Gasteiger partial charge in [0.1, 0.15) is 22.2 Å². The van der Waals surface area contributed by atoms with E-state index in [1.165, 1.54) is 6.07 Å². The van der Waals surface area contributed by atoms with E-state index in [0.29, 0.717) is 44.7 Å². The summed E-state index contributed by atoms with van der Waals surface area (Å²) >= 11 is 12.3. The predicted octanol–water partition coefficient (Wildman–Crippen LogP) is 7.13. The molecule has 7 nitrogen and oxygen atoms in total. The van der Waals surface area contributed by atoms with Crippen molar-refractivity contribution in [3.8, 4) is 11.5 Å². The Morgan fingerprint density at radius 3 is 2.23 bits per heavy atom. The molecule has 194 valence electrons. The van der Waals surface area contributed by atoms with Crippen LogP contribution in [0.25, 0.3) is 0 Å². The van der Waals surface area contributed by atoms with Crippen LogP contribution in [-0.4, -0.2) is 17.7 Å². The fraction of sp³-hybridized carbons (Fsp3) is 0.0333. The molecule has 0 aromatic heterocycles. The minimum atomic E-state index is -0.664. The molecule has 3 amide bonds. The highest BCUT2D eigenvalue weighted by Gasteiger charge is 2.39. The van der Waals surface area contributed by atoms with E-state index in [-0.39, 0.29) is 16.6 Å². The van der Waals surface area contributed by atoms with Crippen molar-refractivity contribution < 1.29 is 19.1 Å². The van der Waals surface area contributed by atoms with Gasteiger partial charge in [0.15, 0.2) is 0 Å². The summed E-state index contributed by atoms with van der Waals surface area (Å²) in [7, 11) is 0. The first kappa shape index (κ1) is 26.0. The van der Waals surface area contributed by atoms with Gasteiger partial charge in [-0.25, -0.2) is 4.90 Å². The van der Waals surface area contributed by atoms with Crippen molar-refractivity contribution in [2.75, 3.05) is 15.5 Å². The molecule has 0 bridgehead atoms. The zero-order chi connectivity index (χ0) is 27.5. The number of ether oxygens (including phenoxy) is 1. The topological polar surface area (TPSA) is 87.7 Å². The highest BCUT2D eigenvalue weighted by atomic mass is 35.5. The average Bonchev–Trinajstić information content (AvgIpc) is 3.14. The number of nitrogens with zero attached hydrogens (tertiary/aromatic N) is 1. The third kappa shape index (κ3) is 5.65. The zero-order valence-corrected chi connectivity index (χ0v) is 22.1. The summed E-state index contributed by atoms with van der Waals surface area (Å²) in [6.45, 7) is 1.76. The van der Waals surface area contributed by atoms with Crippen molar-refractivity contribution >= 4 is 58.0 Å². The maximum atomic E-state index is 13.2. The smallest absolute Gasteiger partial charge is 0.283 e. The van der Waals surface area contributed by atoms with E-state index in [0.717, 1.165) is 4.90 Å². The Hall–Kier alpha value is -4.59. The van der Waals surface area contributed by atoms with Gasteiger partial charge in [-0.2, -0.15) is 0 Å². The van der Waals surface area contributed by atoms with Gasteiger partial charge in [-0.15, -0.1) is 0 Å². The number of amides is 3. The van der Waals surface area contributed by atoms with Crippen molar-refractivity contribution in [3.05, 3.63) is 124 Å². The fourth-order valence-electron chi connectivity index (χ4n) is 3.97. The number of anilines is 3. The van der Waals surface area contributed by atoms with Gasteiger partial charge < -0.3 is 15.4 Å². The Kier molecular flexibility index (Phi) is 7.36. The van der Waals surface area contributed by atoms with E-state index in [9.17, 15) is 14.4 Å². The summed E-state index contributed by atoms with van der Waals surface area (Å²) in [5.74, 6) is -0.304. The Morgan fingerprint density at radius 1 is 0.769 bits per heavy atom. The molecular formula is C30H21Cl2N3O4. The zero-order valence-electron chi connectivity index (χ0n) is 20.6. The van der Waals surface area contributed by atoms with Crippen LogP contribution in [-0.2, 0) is 9.59 Å². The van der Waals surface area contributed by atoms with Crippen LogP contribution in [0.1, 0.15) is 15.9 Å². The van der Waals surface area contributed by atoms with Crippen molar-refractivity contribution in [1.82, 2.24) is 0 Å². The molecular weight excluding hydrogens is 537 g/mol. The van der Waals surface area contributed by atoms with E-state index in [2.05, 4.69) is 10.6 Å². The standard InChI is InChI=1S/C30H21Cl2N3O4/c1-18-10-11-20(31)17-25(18)35-29(37)26(32)27(30(35)38)33-22-7-5-6-19(16-22)28(36)34-21-12-14-24(15-13-21)39-23-8-3-2-4-9-23/h2-17,33H,1H3,(H,34,36). The molecule has 5 rings (SSSR count). The van der Waals surface area contributed by atoms with Gasteiger partial charge in [0.2, 0.25) is 0 Å². The number of rotatable bonds is 7. The number of aryl methyl sites for hydroxylation is 1. The Balaban J connectivity index is 1.28. The predicted molar refractivity (Wildman–Crippen MR) is 153 cm³/mol. The van der Waals surface area contributed by atoms with Crippen molar-refractivity contribution in [1.29, 1.82) is 0 Å². The van der Waals surface area contributed by atoms with Crippen molar-refractivity contribution in [2.45, 2.75) is 6.92 Å². The third-order valence-corrected chi connectivity index (χ3v) is 6.51. The lowest BCUT2D eigenvalue weighted by atomic mass is 10.1. The first-order chi connectivity index (χ1) is 18.8. The molecule has 0 fully saturated rings. The lowest BCUT2D eigenvalue weighted by molar-refractivity contribution is -0.120. The van der Waals surface area contributed by atoms with E-state index in [4.69, 9.17) is 27.9 Å². The van der Waals surface area contributed by atoms with Gasteiger partial charge in [-0.1, -0.05) is 53.5 Å². The van der Waals surface area contributed by atoms with Gasteiger partial charge in [0.05, 0.1) is 5.69 Å². The number of para-hydroxylation sites is 1. The SMILES string of the molecule is Cc1ccc(Cl)cc1N1C(=O)C(Cl)=C(Nc2cccc(C(=O)Nc3ccc(Oc4ccccc4)cc3)c2)C1=O. The van der Waals surface area contributed by atoms with Crippen LogP contribution in [0.5, 0.6) is 11.5 Å². The van der Waals surface area contributed by atoms with Crippen LogP contribution in [0.2, 0.25) is 5.02 Å². The molecule has 1 heterocycles. The van der Waals surface area contributed by atoms with Gasteiger partial charge in [0, 0.05) is 22.0 Å². The summed E-state index contributed by atoms with van der Waals surface area (Å²) in [6.07, 6.45) is 0. The Morgan fingerprint density at radius 2 is 1.49 bits per heavy atom. The summed E-state index contributed by atoms with van der Waals surface area (Å²) < 4.78 is 5.78. The Labute approximate surface area is 234 Å². The number of nitrogens with one attached hydrogen (secondary N) is 2. The van der Waals surface area contributed by atoms with Crippen LogP contribution >= 0.6 is 23.2 Å². The first-order valence-corrected chi connectivity index (χ1v) is 12.6. The van der Waals surface area contributed by atoms with Crippen LogP contribution in [0.3, 0.4) is 0 Å². The van der Waals surface area contributed by atoms with E-state index < -0.39 is 11.8 Å². The summed E-state index contributed by atoms with van der Waals surface area (Å²) in [5.41, 5.74) is 2.26. The number of halogens is 2. The second-order valence-corrected chi connectivity index (χ2v) is 9.48. The number of carbonyl (C=O) groups excluding carboxylic acids is 3. The monoisotopic (exact) mass is 557 g/mol. The lowest BCUT2D eigenvalue weighted by Crippen LogP contribution is -2.32. The molecule has 1 aliphatic heterocycles. The largest absolute Gasteiger partial charge is 0.457 e.